The molecule has 1 aromatic heterocycles. The third kappa shape index (κ3) is 2.51. The highest BCUT2D eigenvalue weighted by molar-refractivity contribution is 6.30. The van der Waals surface area contributed by atoms with Gasteiger partial charge in [0.2, 0.25) is 0 Å². The Hall–Kier alpha value is -1.85. The van der Waals surface area contributed by atoms with Gasteiger partial charge in [-0.3, -0.25) is 4.79 Å². The zero-order chi connectivity index (χ0) is 15.7. The van der Waals surface area contributed by atoms with E-state index in [4.69, 9.17) is 17.3 Å². The highest BCUT2D eigenvalue weighted by atomic mass is 35.5. The molecular formula is C16H18ClN3O2. The van der Waals surface area contributed by atoms with Crippen LogP contribution in [0.25, 0.3) is 5.69 Å². The fourth-order valence-electron chi connectivity index (χ4n) is 3.06. The molecule has 2 aromatic rings. The fraction of sp³-hybridized carbons (Fsp3) is 0.375. The summed E-state index contributed by atoms with van der Waals surface area (Å²) < 4.78 is 1.81. The number of carboxylic acid groups (broad SMARTS) is 1. The van der Waals surface area contributed by atoms with Gasteiger partial charge < -0.3 is 15.4 Å². The van der Waals surface area contributed by atoms with E-state index < -0.39 is 11.4 Å². The maximum Gasteiger partial charge on any atom is 0.316 e. The van der Waals surface area contributed by atoms with Crippen molar-refractivity contribution in [2.24, 2.45) is 11.7 Å². The Morgan fingerprint density at radius 2 is 2.36 bits per heavy atom. The van der Waals surface area contributed by atoms with Crippen molar-refractivity contribution >= 4 is 17.6 Å². The number of halogens is 1. The third-order valence-corrected chi connectivity index (χ3v) is 4.62. The molecule has 116 valence electrons. The van der Waals surface area contributed by atoms with Crippen LogP contribution in [0.5, 0.6) is 0 Å². The molecule has 1 aromatic carbocycles. The molecular weight excluding hydrogens is 302 g/mol. The zero-order valence-corrected chi connectivity index (χ0v) is 12.8. The Morgan fingerprint density at radius 3 is 3.05 bits per heavy atom. The van der Waals surface area contributed by atoms with Crippen molar-refractivity contribution in [1.29, 1.82) is 0 Å². The molecule has 2 atom stereocenters. The predicted octanol–water partition coefficient (Wildman–Crippen LogP) is 2.61. The highest BCUT2D eigenvalue weighted by Crippen LogP contribution is 2.56. The molecule has 0 aliphatic heterocycles. The topological polar surface area (TPSA) is 81.1 Å². The van der Waals surface area contributed by atoms with E-state index in [0.29, 0.717) is 23.7 Å². The Balaban J connectivity index is 1.88. The highest BCUT2D eigenvalue weighted by Gasteiger charge is 2.62. The largest absolute Gasteiger partial charge is 0.481 e. The Morgan fingerprint density at radius 1 is 1.55 bits per heavy atom. The van der Waals surface area contributed by atoms with Crippen LogP contribution in [0.15, 0.2) is 36.8 Å². The quantitative estimate of drug-likeness (QED) is 0.857. The number of hydrogen-bond acceptors (Lipinski definition) is 3. The summed E-state index contributed by atoms with van der Waals surface area (Å²) in [5.41, 5.74) is 6.15. The number of aromatic nitrogens is 2. The van der Waals surface area contributed by atoms with Gasteiger partial charge in [0.05, 0.1) is 12.0 Å². The summed E-state index contributed by atoms with van der Waals surface area (Å²) in [6.07, 6.45) is 5.74. The van der Waals surface area contributed by atoms with Crippen molar-refractivity contribution < 1.29 is 9.90 Å². The first-order valence-electron chi connectivity index (χ1n) is 7.32. The molecule has 22 heavy (non-hydrogen) atoms. The lowest BCUT2D eigenvalue weighted by Crippen LogP contribution is -2.23. The summed E-state index contributed by atoms with van der Waals surface area (Å²) in [5.74, 6) is -0.679. The molecule has 1 fully saturated rings. The first-order valence-corrected chi connectivity index (χ1v) is 7.69. The SMILES string of the molecule is NCCC[C@H]1C[C@]1(C(=O)O)c1cn(-c2cccc(Cl)c2)cn1. The second kappa shape index (κ2) is 5.74. The van der Waals surface area contributed by atoms with Gasteiger partial charge in [-0.2, -0.15) is 0 Å². The molecule has 1 saturated carbocycles. The van der Waals surface area contributed by atoms with E-state index in [-0.39, 0.29) is 5.92 Å². The van der Waals surface area contributed by atoms with Gasteiger partial charge in [0, 0.05) is 16.9 Å². The van der Waals surface area contributed by atoms with Gasteiger partial charge in [-0.25, -0.2) is 4.98 Å². The van der Waals surface area contributed by atoms with Crippen LogP contribution in [0, 0.1) is 5.92 Å². The van der Waals surface area contributed by atoms with Gasteiger partial charge in [-0.05, 0) is 49.9 Å². The lowest BCUT2D eigenvalue weighted by atomic mass is 9.98. The van der Waals surface area contributed by atoms with Gasteiger partial charge in [0.1, 0.15) is 5.41 Å². The summed E-state index contributed by atoms with van der Waals surface area (Å²) >= 11 is 5.99. The Kier molecular flexibility index (Phi) is 3.93. The molecule has 1 aliphatic carbocycles. The van der Waals surface area contributed by atoms with Crippen molar-refractivity contribution in [3.63, 3.8) is 0 Å². The number of imidazole rings is 1. The first-order chi connectivity index (χ1) is 10.6. The third-order valence-electron chi connectivity index (χ3n) is 4.39. The van der Waals surface area contributed by atoms with Crippen LogP contribution in [-0.4, -0.2) is 27.2 Å². The minimum Gasteiger partial charge on any atom is -0.481 e. The molecule has 0 unspecified atom stereocenters. The van der Waals surface area contributed by atoms with Gasteiger partial charge >= 0.3 is 5.97 Å². The van der Waals surface area contributed by atoms with E-state index >= 15 is 0 Å². The van der Waals surface area contributed by atoms with Gasteiger partial charge in [-0.15, -0.1) is 0 Å². The van der Waals surface area contributed by atoms with Crippen LogP contribution < -0.4 is 5.73 Å². The minimum absolute atomic E-state index is 0.122. The van der Waals surface area contributed by atoms with Crippen LogP contribution in [-0.2, 0) is 10.2 Å². The van der Waals surface area contributed by atoms with Crippen LogP contribution in [0.3, 0.4) is 0 Å². The maximum absolute atomic E-state index is 11.8. The Labute approximate surface area is 133 Å². The smallest absolute Gasteiger partial charge is 0.316 e. The van der Waals surface area contributed by atoms with E-state index in [1.54, 1.807) is 18.6 Å². The number of carboxylic acids is 1. The lowest BCUT2D eigenvalue weighted by Gasteiger charge is -2.09. The van der Waals surface area contributed by atoms with Crippen molar-refractivity contribution in [2.75, 3.05) is 6.54 Å². The van der Waals surface area contributed by atoms with E-state index in [0.717, 1.165) is 18.5 Å². The molecule has 3 rings (SSSR count). The number of nitrogens with two attached hydrogens (primary N) is 1. The summed E-state index contributed by atoms with van der Waals surface area (Å²) in [5, 5.41) is 10.3. The van der Waals surface area contributed by atoms with E-state index in [9.17, 15) is 9.90 Å². The van der Waals surface area contributed by atoms with E-state index in [1.807, 2.05) is 22.8 Å². The van der Waals surface area contributed by atoms with Crippen LogP contribution in [0.1, 0.15) is 25.0 Å². The van der Waals surface area contributed by atoms with Gasteiger partial charge in [0.15, 0.2) is 0 Å². The molecule has 0 radical (unpaired) electrons. The second-order valence-electron chi connectivity index (χ2n) is 5.75. The monoisotopic (exact) mass is 319 g/mol. The zero-order valence-electron chi connectivity index (χ0n) is 12.1. The average Bonchev–Trinajstić information content (AvgIpc) is 3.02. The number of rotatable bonds is 6. The number of aliphatic carboxylic acids is 1. The molecule has 5 nitrogen and oxygen atoms in total. The molecule has 3 N–H and O–H groups in total. The van der Waals surface area contributed by atoms with E-state index in [1.165, 1.54) is 0 Å². The van der Waals surface area contributed by atoms with Gasteiger partial charge in [-0.1, -0.05) is 17.7 Å². The summed E-state index contributed by atoms with van der Waals surface area (Å²) in [7, 11) is 0. The predicted molar refractivity (Wildman–Crippen MR) is 84.3 cm³/mol. The van der Waals surface area contributed by atoms with Gasteiger partial charge in [0.25, 0.3) is 0 Å². The average molecular weight is 320 g/mol. The summed E-state index contributed by atoms with van der Waals surface area (Å²) in [4.78, 5) is 16.1. The van der Waals surface area contributed by atoms with Crippen LogP contribution >= 0.6 is 11.6 Å². The van der Waals surface area contributed by atoms with Crippen molar-refractivity contribution in [2.45, 2.75) is 24.7 Å². The number of carbonyl (C=O) groups is 1. The molecule has 1 heterocycles. The molecule has 1 aliphatic rings. The van der Waals surface area contributed by atoms with Crippen molar-refractivity contribution in [3.8, 4) is 5.69 Å². The lowest BCUT2D eigenvalue weighted by molar-refractivity contribution is -0.140. The molecule has 0 saturated heterocycles. The molecule has 0 spiro atoms. The molecule has 0 amide bonds. The minimum atomic E-state index is -0.848. The number of benzene rings is 1. The molecule has 0 bridgehead atoms. The fourth-order valence-corrected chi connectivity index (χ4v) is 3.24. The number of nitrogens with zero attached hydrogens (tertiary/aromatic N) is 2. The van der Waals surface area contributed by atoms with Crippen molar-refractivity contribution in [1.82, 2.24) is 9.55 Å². The summed E-state index contributed by atoms with van der Waals surface area (Å²) in [6, 6.07) is 7.37. The second-order valence-corrected chi connectivity index (χ2v) is 6.19. The normalized spacial score (nSPS) is 23.5. The summed E-state index contributed by atoms with van der Waals surface area (Å²) in [6.45, 7) is 0.586. The van der Waals surface area contributed by atoms with Crippen LogP contribution in [0.4, 0.5) is 0 Å². The van der Waals surface area contributed by atoms with E-state index in [2.05, 4.69) is 4.98 Å². The Bertz CT molecular complexity index is 700. The first kappa shape index (κ1) is 15.1. The molecule has 6 heteroatoms. The maximum atomic E-state index is 11.8. The number of hydrogen-bond donors (Lipinski definition) is 2. The standard InChI is InChI=1S/C16H18ClN3O2/c17-12-4-1-5-13(7-12)20-9-14(19-10-20)16(15(21)22)8-11(16)3-2-6-18/h1,4-5,7,9-11H,2-3,6,8,18H2,(H,21,22)/t11-,16+/m0/s1. The van der Waals surface area contributed by atoms with Crippen LogP contribution in [0.2, 0.25) is 5.02 Å². The van der Waals surface area contributed by atoms with Crippen molar-refractivity contribution in [3.05, 3.63) is 47.5 Å².